The van der Waals surface area contributed by atoms with E-state index in [9.17, 15) is 23.8 Å². The number of halogens is 3. The first kappa shape index (κ1) is 35.9. The summed E-state index contributed by atoms with van der Waals surface area (Å²) in [5, 5.41) is 23.0. The minimum Gasteiger partial charge on any atom is -0.395 e. The lowest BCUT2D eigenvalue weighted by molar-refractivity contribution is 0.0987. The van der Waals surface area contributed by atoms with Crippen LogP contribution in [0.1, 0.15) is 62.7 Å². The van der Waals surface area contributed by atoms with Crippen molar-refractivity contribution >= 4 is 39.9 Å². The van der Waals surface area contributed by atoms with Crippen molar-refractivity contribution in [2.24, 2.45) is 0 Å². The van der Waals surface area contributed by atoms with Gasteiger partial charge in [0.05, 0.1) is 28.9 Å². The summed E-state index contributed by atoms with van der Waals surface area (Å²) >= 11 is 7.02. The zero-order valence-electron chi connectivity index (χ0n) is 29.0. The highest BCUT2D eigenvalue weighted by molar-refractivity contribution is 6.34. The number of alkyl halides is 2. The van der Waals surface area contributed by atoms with Gasteiger partial charge in [0, 0.05) is 63.1 Å². The third kappa shape index (κ3) is 7.53. The molecule has 0 amide bonds. The Morgan fingerprint density at radius 1 is 1.06 bits per heavy atom. The number of aliphatic hydroxyl groups excluding tert-OH is 2. The van der Waals surface area contributed by atoms with Crippen molar-refractivity contribution in [2.45, 2.75) is 58.7 Å². The number of β-amino-alcohol motifs (C(OH)–C–C–N with tert-alkyl or cyclic N) is 2. The van der Waals surface area contributed by atoms with Crippen molar-refractivity contribution in [2.75, 3.05) is 38.1 Å². The van der Waals surface area contributed by atoms with Crippen LogP contribution in [0.2, 0.25) is 5.02 Å². The summed E-state index contributed by atoms with van der Waals surface area (Å²) in [7, 11) is 0. The quantitative estimate of drug-likeness (QED) is 0.132. The number of carbonyl (C=O) groups excluding carboxylic acids is 1. The lowest BCUT2D eigenvalue weighted by Crippen LogP contribution is -2.34. The average Bonchev–Trinajstić information content (AvgIpc) is 3.53. The minimum atomic E-state index is -2.89. The number of nitrogens with one attached hydrogen (secondary N) is 1. The molecular formula is C39H40ClF2N7O3. The molecule has 0 bridgehead atoms. The first-order valence-electron chi connectivity index (χ1n) is 17.4. The average molecular weight is 728 g/mol. The topological polar surface area (TPSA) is 128 Å². The van der Waals surface area contributed by atoms with Crippen LogP contribution in [0.25, 0.3) is 22.2 Å². The number of rotatable bonds is 11. The fourth-order valence-corrected chi connectivity index (χ4v) is 7.51. The molecule has 1 atom stereocenters. The highest BCUT2D eigenvalue weighted by Crippen LogP contribution is 2.37. The van der Waals surface area contributed by atoms with Crippen molar-refractivity contribution in [3.63, 3.8) is 0 Å². The molecule has 0 aliphatic carbocycles. The number of anilines is 2. The van der Waals surface area contributed by atoms with E-state index in [-0.39, 0.29) is 30.7 Å². The Hall–Kier alpha value is -4.46. The van der Waals surface area contributed by atoms with Gasteiger partial charge >= 0.3 is 0 Å². The first-order valence-corrected chi connectivity index (χ1v) is 17.8. The Kier molecular flexibility index (Phi) is 10.5. The zero-order valence-corrected chi connectivity index (χ0v) is 29.8. The molecular weight excluding hydrogens is 688 g/mol. The van der Waals surface area contributed by atoms with Crippen molar-refractivity contribution in [3.8, 4) is 11.1 Å². The Morgan fingerprint density at radius 2 is 1.87 bits per heavy atom. The van der Waals surface area contributed by atoms with Gasteiger partial charge in [0.1, 0.15) is 11.2 Å². The smallest absolute Gasteiger partial charge is 0.297 e. The molecule has 52 heavy (non-hydrogen) atoms. The molecule has 0 unspecified atom stereocenters. The van der Waals surface area contributed by atoms with Gasteiger partial charge in [-0.25, -0.2) is 23.7 Å². The molecule has 3 aromatic heterocycles. The maximum Gasteiger partial charge on any atom is 0.297 e. The maximum absolute atomic E-state index is 14.0. The van der Waals surface area contributed by atoms with Crippen LogP contribution < -0.4 is 5.32 Å². The molecule has 5 aromatic rings. The lowest BCUT2D eigenvalue weighted by atomic mass is 9.94. The van der Waals surface area contributed by atoms with Gasteiger partial charge < -0.3 is 15.5 Å². The third-order valence-electron chi connectivity index (χ3n) is 9.95. The van der Waals surface area contributed by atoms with E-state index in [1.165, 1.54) is 0 Å². The largest absolute Gasteiger partial charge is 0.395 e. The molecule has 2 aliphatic heterocycles. The lowest BCUT2D eigenvalue weighted by Gasteiger charge is -2.28. The molecule has 0 radical (unpaired) electrons. The molecule has 0 saturated carbocycles. The van der Waals surface area contributed by atoms with E-state index < -0.39 is 12.2 Å². The predicted molar refractivity (Wildman–Crippen MR) is 196 cm³/mol. The van der Waals surface area contributed by atoms with Gasteiger partial charge in [0.15, 0.2) is 17.4 Å². The molecule has 5 heterocycles. The predicted octanol–water partition coefficient (Wildman–Crippen LogP) is 6.38. The summed E-state index contributed by atoms with van der Waals surface area (Å²) in [6.45, 7) is 7.79. The fraction of sp³-hybridized carbons (Fsp3) is 0.359. The SMILES string of the molecule is Cc1cc(C(=O)Cc2cccc(-c3cccc(Nc4nc(C(F)F)nc5cc(CN6CC[C@@H](O)C6)cnc45)c3C)c2Cl)nc2c1CCN(CCO)C2. The number of likely N-dealkylation sites (tertiary alicyclic amines) is 1. The second-order valence-corrected chi connectivity index (χ2v) is 14.0. The van der Waals surface area contributed by atoms with Crippen LogP contribution in [0, 0.1) is 13.8 Å². The van der Waals surface area contributed by atoms with Crippen LogP contribution in [0.4, 0.5) is 20.3 Å². The van der Waals surface area contributed by atoms with E-state index in [0.29, 0.717) is 65.6 Å². The van der Waals surface area contributed by atoms with E-state index >= 15 is 0 Å². The number of aryl methyl sites for hydroxylation is 1. The van der Waals surface area contributed by atoms with E-state index in [1.807, 2.05) is 56.3 Å². The second kappa shape index (κ2) is 15.3. The minimum absolute atomic E-state index is 0.0601. The van der Waals surface area contributed by atoms with Crippen LogP contribution in [0.5, 0.6) is 0 Å². The molecule has 2 aliphatic rings. The summed E-state index contributed by atoms with van der Waals surface area (Å²) in [5.41, 5.74) is 8.51. The van der Waals surface area contributed by atoms with Gasteiger partial charge in [-0.2, -0.15) is 0 Å². The highest BCUT2D eigenvalue weighted by atomic mass is 35.5. The molecule has 7 rings (SSSR count). The zero-order chi connectivity index (χ0) is 36.5. The first-order chi connectivity index (χ1) is 25.1. The summed E-state index contributed by atoms with van der Waals surface area (Å²) in [6, 6.07) is 14.8. The Morgan fingerprint density at radius 3 is 2.63 bits per heavy atom. The van der Waals surface area contributed by atoms with Crippen LogP contribution in [-0.4, -0.2) is 84.6 Å². The van der Waals surface area contributed by atoms with Gasteiger partial charge in [-0.3, -0.25) is 19.6 Å². The van der Waals surface area contributed by atoms with E-state index in [4.69, 9.17) is 16.6 Å². The second-order valence-electron chi connectivity index (χ2n) is 13.6. The molecule has 1 fully saturated rings. The number of benzene rings is 2. The Bertz CT molecular complexity index is 2150. The molecule has 270 valence electrons. The number of Topliss-reactive ketones (excluding diaryl/α,β-unsaturated/α-hetero) is 1. The van der Waals surface area contributed by atoms with Crippen LogP contribution in [0.15, 0.2) is 54.7 Å². The van der Waals surface area contributed by atoms with Gasteiger partial charge in [-0.1, -0.05) is 41.9 Å². The van der Waals surface area contributed by atoms with Gasteiger partial charge in [-0.15, -0.1) is 0 Å². The van der Waals surface area contributed by atoms with Gasteiger partial charge in [0.25, 0.3) is 6.43 Å². The number of carbonyl (C=O) groups is 1. The number of ketones is 1. The summed E-state index contributed by atoms with van der Waals surface area (Å²) < 4.78 is 28.0. The number of hydrogen-bond donors (Lipinski definition) is 3. The van der Waals surface area contributed by atoms with Crippen LogP contribution >= 0.6 is 11.6 Å². The highest BCUT2D eigenvalue weighted by Gasteiger charge is 2.24. The molecule has 10 nitrogen and oxygen atoms in total. The number of hydrogen-bond acceptors (Lipinski definition) is 10. The van der Waals surface area contributed by atoms with Crippen LogP contribution in [0.3, 0.4) is 0 Å². The fourth-order valence-electron chi connectivity index (χ4n) is 7.22. The summed E-state index contributed by atoms with van der Waals surface area (Å²) in [6.07, 6.45) is 0.00487. The molecule has 3 N–H and O–H groups in total. The maximum atomic E-state index is 14.0. The number of aliphatic hydroxyl groups is 2. The Balaban J connectivity index is 1.15. The standard InChI is InChI=1S/C39H40ClF2N7O3/c1-22-15-31(44-33-21-48(13-14-50)12-10-27(22)33)34(52)17-25-5-3-7-29(35(25)40)28-6-4-8-30(23(28)2)45-38-36-32(46-39(47-38)37(41)42)16-24(18-43-36)19-49-11-9-26(51)20-49/h3-8,15-16,18,26,37,50-51H,9-14,17,19-21H2,1-2H3,(H,45,46,47)/t26-/m1/s1. The van der Waals surface area contributed by atoms with Crippen molar-refractivity contribution in [3.05, 3.63) is 105 Å². The summed E-state index contributed by atoms with van der Waals surface area (Å²) in [4.78, 5) is 35.5. The van der Waals surface area contributed by atoms with Gasteiger partial charge in [-0.05, 0) is 78.3 Å². The van der Waals surface area contributed by atoms with Crippen molar-refractivity contribution < 1.29 is 23.8 Å². The molecule has 2 aromatic carbocycles. The van der Waals surface area contributed by atoms with Gasteiger partial charge in [0.2, 0.25) is 0 Å². The number of aromatic nitrogens is 4. The normalized spacial score (nSPS) is 16.5. The number of pyridine rings is 2. The monoisotopic (exact) mass is 727 g/mol. The molecule has 0 spiro atoms. The number of nitrogens with zero attached hydrogens (tertiary/aromatic N) is 6. The van der Waals surface area contributed by atoms with Crippen LogP contribution in [-0.2, 0) is 25.9 Å². The third-order valence-corrected chi connectivity index (χ3v) is 10.4. The van der Waals surface area contributed by atoms with Crippen molar-refractivity contribution in [1.82, 2.24) is 29.7 Å². The molecule has 13 heteroatoms. The van der Waals surface area contributed by atoms with E-state index in [0.717, 1.165) is 58.6 Å². The Labute approximate surface area is 305 Å². The van der Waals surface area contributed by atoms with E-state index in [1.54, 1.807) is 12.3 Å². The molecule has 1 saturated heterocycles. The van der Waals surface area contributed by atoms with E-state index in [2.05, 4.69) is 30.1 Å². The summed E-state index contributed by atoms with van der Waals surface area (Å²) in [5.74, 6) is -0.595. The van der Waals surface area contributed by atoms with Crippen molar-refractivity contribution in [1.29, 1.82) is 0 Å². The number of fused-ring (bicyclic) bond motifs is 2.